The lowest BCUT2D eigenvalue weighted by Crippen LogP contribution is -2.42. The van der Waals surface area contributed by atoms with Gasteiger partial charge in [0.1, 0.15) is 11.5 Å². The Balaban J connectivity index is 1.45. The molecule has 0 spiro atoms. The molecule has 5 rings (SSSR count). The van der Waals surface area contributed by atoms with Gasteiger partial charge in [0, 0.05) is 5.41 Å². The number of allylic oxidation sites excluding steroid dienone is 1. The first-order valence-corrected chi connectivity index (χ1v) is 11.1. The van der Waals surface area contributed by atoms with Gasteiger partial charge in [0.2, 0.25) is 0 Å². The molecule has 156 valence electrons. The summed E-state index contributed by atoms with van der Waals surface area (Å²) in [5, 5.41) is 0. The number of aryl methyl sites for hydroxylation is 1. The summed E-state index contributed by atoms with van der Waals surface area (Å²) in [7, 11) is 3.41. The quantitative estimate of drug-likeness (QED) is 0.607. The van der Waals surface area contributed by atoms with Crippen LogP contribution in [0.25, 0.3) is 6.08 Å². The topological polar surface area (TPSA) is 35.5 Å². The molecule has 2 aromatic carbocycles. The first kappa shape index (κ1) is 19.4. The van der Waals surface area contributed by atoms with E-state index in [2.05, 4.69) is 31.2 Å². The molecule has 30 heavy (non-hydrogen) atoms. The second-order valence-electron chi connectivity index (χ2n) is 9.41. The molecule has 0 bridgehead atoms. The van der Waals surface area contributed by atoms with Crippen molar-refractivity contribution in [2.75, 3.05) is 14.2 Å². The zero-order valence-corrected chi connectivity index (χ0v) is 18.1. The standard InChI is InChI=1S/C27H30O3/c1-27-13-12-23-22-11-9-21(30-3)15-18(22)6-10-24(23)25(27)16-19(26(27)28)14-17-4-7-20(29-2)8-5-17/h4-5,7-9,11,14-15,23-25H,6,10,12-13,16H2,1-3H3/b19-14+/t23-,24+,25+,27-/m0/s1. The van der Waals surface area contributed by atoms with Crippen molar-refractivity contribution in [3.63, 3.8) is 0 Å². The molecule has 2 fully saturated rings. The number of ether oxygens (including phenoxy) is 2. The zero-order valence-electron chi connectivity index (χ0n) is 18.1. The average molecular weight is 403 g/mol. The summed E-state index contributed by atoms with van der Waals surface area (Å²) in [6.45, 7) is 2.23. The van der Waals surface area contributed by atoms with Gasteiger partial charge in [-0.15, -0.1) is 0 Å². The summed E-state index contributed by atoms with van der Waals surface area (Å²) in [6.07, 6.45) is 7.39. The van der Waals surface area contributed by atoms with Gasteiger partial charge in [0.15, 0.2) is 5.78 Å². The molecule has 3 aliphatic rings. The van der Waals surface area contributed by atoms with Crippen molar-refractivity contribution in [2.24, 2.45) is 17.3 Å². The molecule has 2 saturated carbocycles. The number of hydrogen-bond donors (Lipinski definition) is 0. The van der Waals surface area contributed by atoms with Crippen LogP contribution in [0.2, 0.25) is 0 Å². The van der Waals surface area contributed by atoms with Crippen molar-refractivity contribution in [2.45, 2.75) is 44.9 Å². The molecule has 2 aromatic rings. The monoisotopic (exact) mass is 402 g/mol. The van der Waals surface area contributed by atoms with Crippen LogP contribution in [0.3, 0.4) is 0 Å². The maximum atomic E-state index is 13.5. The van der Waals surface area contributed by atoms with Gasteiger partial charge in [-0.1, -0.05) is 25.1 Å². The first-order chi connectivity index (χ1) is 14.5. The Hall–Kier alpha value is -2.55. The Bertz CT molecular complexity index is 1000. The molecule has 3 heteroatoms. The first-order valence-electron chi connectivity index (χ1n) is 11.1. The Labute approximate surface area is 179 Å². The Morgan fingerprint density at radius 3 is 2.47 bits per heavy atom. The van der Waals surface area contributed by atoms with E-state index in [0.717, 1.165) is 48.3 Å². The molecule has 0 unspecified atom stereocenters. The normalized spacial score (nSPS) is 31.1. The van der Waals surface area contributed by atoms with Crippen LogP contribution in [0.4, 0.5) is 0 Å². The molecule has 0 amide bonds. The highest BCUT2D eigenvalue weighted by Gasteiger charge is 2.56. The number of Topliss-reactive ketones (excluding diaryl/α,β-unsaturated/α-hetero) is 1. The maximum absolute atomic E-state index is 13.5. The van der Waals surface area contributed by atoms with E-state index in [1.807, 2.05) is 24.3 Å². The Kier molecular flexibility index (Phi) is 4.72. The SMILES string of the molecule is COc1ccc(/C=C2\C[C@@H]3[C@@H]4CCc5cc(OC)ccc5[C@@H]4CC[C@]3(C)C2=O)cc1. The van der Waals surface area contributed by atoms with E-state index in [-0.39, 0.29) is 5.41 Å². The van der Waals surface area contributed by atoms with Crippen LogP contribution in [0.5, 0.6) is 11.5 Å². The van der Waals surface area contributed by atoms with Crippen LogP contribution in [-0.2, 0) is 11.2 Å². The second kappa shape index (κ2) is 7.30. The van der Waals surface area contributed by atoms with Gasteiger partial charge >= 0.3 is 0 Å². The number of carbonyl (C=O) groups excluding carboxylic acids is 1. The number of benzene rings is 2. The largest absolute Gasteiger partial charge is 0.497 e. The fourth-order valence-electron chi connectivity index (χ4n) is 6.39. The van der Waals surface area contributed by atoms with Gasteiger partial charge in [0.25, 0.3) is 0 Å². The van der Waals surface area contributed by atoms with Gasteiger partial charge < -0.3 is 9.47 Å². The molecule has 0 aliphatic heterocycles. The van der Waals surface area contributed by atoms with Crippen molar-refractivity contribution >= 4 is 11.9 Å². The van der Waals surface area contributed by atoms with Crippen LogP contribution in [0, 0.1) is 17.3 Å². The predicted octanol–water partition coefficient (Wildman–Crippen LogP) is 5.82. The van der Waals surface area contributed by atoms with E-state index in [9.17, 15) is 4.79 Å². The molecule has 4 atom stereocenters. The summed E-state index contributed by atoms with van der Waals surface area (Å²) in [4.78, 5) is 13.5. The summed E-state index contributed by atoms with van der Waals surface area (Å²) >= 11 is 0. The summed E-state index contributed by atoms with van der Waals surface area (Å²) in [5.41, 5.74) is 4.82. The highest BCUT2D eigenvalue weighted by atomic mass is 16.5. The van der Waals surface area contributed by atoms with E-state index in [1.165, 1.54) is 17.5 Å². The van der Waals surface area contributed by atoms with E-state index in [4.69, 9.17) is 9.47 Å². The van der Waals surface area contributed by atoms with Crippen LogP contribution in [-0.4, -0.2) is 20.0 Å². The molecule has 0 heterocycles. The molecular formula is C27H30O3. The minimum atomic E-state index is -0.205. The minimum Gasteiger partial charge on any atom is -0.497 e. The lowest BCUT2D eigenvalue weighted by molar-refractivity contribution is -0.127. The maximum Gasteiger partial charge on any atom is 0.165 e. The third kappa shape index (κ3) is 2.98. The molecule has 0 radical (unpaired) electrons. The van der Waals surface area contributed by atoms with E-state index in [0.29, 0.717) is 23.5 Å². The highest BCUT2D eigenvalue weighted by molar-refractivity contribution is 6.06. The van der Waals surface area contributed by atoms with Crippen molar-refractivity contribution in [3.05, 3.63) is 64.7 Å². The molecular weight excluding hydrogens is 372 g/mol. The van der Waals surface area contributed by atoms with Crippen LogP contribution < -0.4 is 9.47 Å². The van der Waals surface area contributed by atoms with Gasteiger partial charge in [-0.2, -0.15) is 0 Å². The highest BCUT2D eigenvalue weighted by Crippen LogP contribution is 2.60. The predicted molar refractivity (Wildman–Crippen MR) is 119 cm³/mol. The zero-order chi connectivity index (χ0) is 20.9. The van der Waals surface area contributed by atoms with Crippen molar-refractivity contribution in [1.82, 2.24) is 0 Å². The lowest BCUT2D eigenvalue weighted by Gasteiger charge is -2.48. The van der Waals surface area contributed by atoms with Crippen molar-refractivity contribution in [3.8, 4) is 11.5 Å². The molecule has 3 nitrogen and oxygen atoms in total. The number of fused-ring (bicyclic) bond motifs is 5. The fourth-order valence-corrected chi connectivity index (χ4v) is 6.39. The van der Waals surface area contributed by atoms with Crippen LogP contribution in [0.1, 0.15) is 55.2 Å². The number of rotatable bonds is 3. The summed E-state index contributed by atoms with van der Waals surface area (Å²) in [6, 6.07) is 14.6. The van der Waals surface area contributed by atoms with Gasteiger partial charge in [-0.3, -0.25) is 4.79 Å². The summed E-state index contributed by atoms with van der Waals surface area (Å²) in [5.74, 6) is 3.79. The fraction of sp³-hybridized carbons (Fsp3) is 0.444. The van der Waals surface area contributed by atoms with E-state index >= 15 is 0 Å². The van der Waals surface area contributed by atoms with Gasteiger partial charge in [-0.25, -0.2) is 0 Å². The van der Waals surface area contributed by atoms with Crippen LogP contribution >= 0.6 is 0 Å². The second-order valence-corrected chi connectivity index (χ2v) is 9.41. The third-order valence-electron chi connectivity index (χ3n) is 8.03. The van der Waals surface area contributed by atoms with Gasteiger partial charge in [-0.05, 0) is 102 Å². The van der Waals surface area contributed by atoms with Crippen molar-refractivity contribution in [1.29, 1.82) is 0 Å². The Morgan fingerprint density at radius 2 is 1.73 bits per heavy atom. The van der Waals surface area contributed by atoms with Gasteiger partial charge in [0.05, 0.1) is 14.2 Å². The number of carbonyl (C=O) groups is 1. The third-order valence-corrected chi connectivity index (χ3v) is 8.03. The molecule has 3 aliphatic carbocycles. The minimum absolute atomic E-state index is 0.205. The van der Waals surface area contributed by atoms with Crippen LogP contribution in [0.15, 0.2) is 48.0 Å². The lowest BCUT2D eigenvalue weighted by atomic mass is 9.55. The molecule has 0 N–H and O–H groups in total. The number of ketones is 1. The molecule has 0 aromatic heterocycles. The van der Waals surface area contributed by atoms with E-state index in [1.54, 1.807) is 14.2 Å². The Morgan fingerprint density at radius 1 is 1.00 bits per heavy atom. The smallest absolute Gasteiger partial charge is 0.165 e. The summed E-state index contributed by atoms with van der Waals surface area (Å²) < 4.78 is 10.7. The van der Waals surface area contributed by atoms with E-state index < -0.39 is 0 Å². The van der Waals surface area contributed by atoms with Crippen molar-refractivity contribution < 1.29 is 14.3 Å². The number of methoxy groups -OCH3 is 2. The molecule has 0 saturated heterocycles. The number of hydrogen-bond acceptors (Lipinski definition) is 3. The average Bonchev–Trinajstić information content (AvgIpc) is 3.04.